The smallest absolute Gasteiger partial charge is 0.320 e. The first-order chi connectivity index (χ1) is 12.0. The van der Waals surface area contributed by atoms with Gasteiger partial charge in [0.15, 0.2) is 0 Å². The summed E-state index contributed by atoms with van der Waals surface area (Å²) >= 11 is 0. The number of fused-ring (bicyclic) bond motifs is 1. The fraction of sp³-hybridized carbons (Fsp3) is 0.500. The van der Waals surface area contributed by atoms with Crippen LogP contribution >= 0.6 is 0 Å². The monoisotopic (exact) mass is 346 g/mol. The Morgan fingerprint density at radius 3 is 2.88 bits per heavy atom. The molecule has 7 heteroatoms. The van der Waals surface area contributed by atoms with Crippen molar-refractivity contribution in [3.8, 4) is 0 Å². The summed E-state index contributed by atoms with van der Waals surface area (Å²) in [5.74, 6) is -0.492. The predicted octanol–water partition coefficient (Wildman–Crippen LogP) is 2.33. The van der Waals surface area contributed by atoms with Gasteiger partial charge in [0.05, 0.1) is 13.2 Å². The average Bonchev–Trinajstić information content (AvgIpc) is 2.98. The predicted molar refractivity (Wildman–Crippen MR) is 92.0 cm³/mol. The Morgan fingerprint density at radius 2 is 2.20 bits per heavy atom. The van der Waals surface area contributed by atoms with Crippen molar-refractivity contribution in [3.63, 3.8) is 0 Å². The summed E-state index contributed by atoms with van der Waals surface area (Å²) in [5.41, 5.74) is 0.892. The number of methoxy groups -OCH3 is 1. The molecule has 1 aliphatic carbocycles. The number of para-hydroxylation sites is 1. The number of nitrogens with zero attached hydrogens (tertiary/aromatic N) is 1. The Morgan fingerprint density at radius 1 is 1.44 bits per heavy atom. The molecule has 2 N–H and O–H groups in total. The van der Waals surface area contributed by atoms with E-state index in [0.29, 0.717) is 18.5 Å². The highest BCUT2D eigenvalue weighted by molar-refractivity contribution is 5.91. The van der Waals surface area contributed by atoms with Crippen molar-refractivity contribution < 1.29 is 19.6 Å². The number of carbonyl (C=O) groups is 1. The summed E-state index contributed by atoms with van der Waals surface area (Å²) < 4.78 is 5.04. The van der Waals surface area contributed by atoms with Crippen LogP contribution in [-0.4, -0.2) is 40.7 Å². The number of rotatable bonds is 5. The molecule has 0 aliphatic heterocycles. The Bertz CT molecular complexity index is 800. The van der Waals surface area contributed by atoms with Crippen LogP contribution in [0.4, 0.5) is 0 Å². The molecule has 1 heterocycles. The van der Waals surface area contributed by atoms with Gasteiger partial charge in [-0.25, -0.2) is 0 Å². The van der Waals surface area contributed by atoms with E-state index in [0.717, 1.165) is 29.3 Å². The van der Waals surface area contributed by atoms with Crippen LogP contribution in [0.5, 0.6) is 0 Å². The second-order valence-corrected chi connectivity index (χ2v) is 6.55. The van der Waals surface area contributed by atoms with E-state index in [-0.39, 0.29) is 17.9 Å². The number of hydrogen-bond acceptors (Lipinski definition) is 5. The maximum atomic E-state index is 12.7. The summed E-state index contributed by atoms with van der Waals surface area (Å²) in [7, 11) is 1.31. The molecule has 2 atom stereocenters. The lowest BCUT2D eigenvalue weighted by atomic mass is 9.68. The van der Waals surface area contributed by atoms with Crippen LogP contribution in [0, 0.1) is 10.1 Å². The molecule has 25 heavy (non-hydrogen) atoms. The Labute approximate surface area is 145 Å². The summed E-state index contributed by atoms with van der Waals surface area (Å²) in [4.78, 5) is 26.5. The third kappa shape index (κ3) is 2.89. The molecule has 1 aromatic heterocycles. The minimum absolute atomic E-state index is 0.192. The molecule has 0 unspecified atom stereocenters. The van der Waals surface area contributed by atoms with Gasteiger partial charge in [0.25, 0.3) is 0 Å². The highest BCUT2D eigenvalue weighted by Gasteiger charge is 2.51. The van der Waals surface area contributed by atoms with Crippen LogP contribution < -0.4 is 0 Å². The van der Waals surface area contributed by atoms with E-state index in [1.54, 1.807) is 0 Å². The average molecular weight is 346 g/mol. The van der Waals surface area contributed by atoms with Crippen molar-refractivity contribution in [3.05, 3.63) is 45.6 Å². The van der Waals surface area contributed by atoms with Crippen molar-refractivity contribution in [2.45, 2.75) is 43.6 Å². The lowest BCUT2D eigenvalue weighted by molar-refractivity contribution is -0.479. The second-order valence-electron chi connectivity index (χ2n) is 6.55. The molecular formula is C18H22N2O5. The summed E-state index contributed by atoms with van der Waals surface area (Å²) in [6, 6.07) is 7.47. The Kier molecular flexibility index (Phi) is 4.76. The Balaban J connectivity index is 2.21. The van der Waals surface area contributed by atoms with E-state index >= 15 is 0 Å². The van der Waals surface area contributed by atoms with Gasteiger partial charge in [-0.15, -0.1) is 0 Å². The third-order valence-electron chi connectivity index (χ3n) is 5.22. The van der Waals surface area contributed by atoms with Crippen LogP contribution in [-0.2, 0) is 21.4 Å². The summed E-state index contributed by atoms with van der Waals surface area (Å²) in [6.45, 7) is -0.234. The normalized spacial score (nSPS) is 23.5. The zero-order valence-corrected chi connectivity index (χ0v) is 14.2. The highest BCUT2D eigenvalue weighted by atomic mass is 16.6. The largest absolute Gasteiger partial charge is 0.468 e. The van der Waals surface area contributed by atoms with E-state index in [1.165, 1.54) is 7.11 Å². The molecular weight excluding hydrogens is 324 g/mol. The first-order valence-electron chi connectivity index (χ1n) is 8.49. The zero-order valence-electron chi connectivity index (χ0n) is 14.2. The van der Waals surface area contributed by atoms with Gasteiger partial charge in [-0.1, -0.05) is 31.0 Å². The minimum Gasteiger partial charge on any atom is -0.468 e. The lowest BCUT2D eigenvalue weighted by Gasteiger charge is -2.39. The molecule has 1 fully saturated rings. The van der Waals surface area contributed by atoms with Crippen molar-refractivity contribution >= 4 is 16.9 Å². The number of aromatic amines is 1. The topological polar surface area (TPSA) is 105 Å². The highest BCUT2D eigenvalue weighted by Crippen LogP contribution is 2.43. The first kappa shape index (κ1) is 17.4. The number of aliphatic hydroxyl groups excluding tert-OH is 1. The van der Waals surface area contributed by atoms with E-state index < -0.39 is 17.5 Å². The third-order valence-corrected chi connectivity index (χ3v) is 5.22. The number of aromatic nitrogens is 1. The molecule has 0 radical (unpaired) electrons. The molecule has 3 rings (SSSR count). The fourth-order valence-electron chi connectivity index (χ4n) is 4.01. The SMILES string of the molecule is COC(=O)[C@]1(c2[nH]c3ccccc3c2CC[N+](=O)[O-])CCCC[C@H]1O. The van der Waals surface area contributed by atoms with Crippen LogP contribution in [0.2, 0.25) is 0 Å². The summed E-state index contributed by atoms with van der Waals surface area (Å²) in [6.07, 6.45) is 1.90. The molecule has 1 aliphatic rings. The van der Waals surface area contributed by atoms with Crippen molar-refractivity contribution in [2.75, 3.05) is 13.7 Å². The number of hydrogen-bond donors (Lipinski definition) is 2. The Hall–Kier alpha value is -2.41. The number of ether oxygens (including phenoxy) is 1. The number of H-pyrrole nitrogens is 1. The molecule has 7 nitrogen and oxygen atoms in total. The fourth-order valence-corrected chi connectivity index (χ4v) is 4.01. The molecule has 0 bridgehead atoms. The van der Waals surface area contributed by atoms with Crippen molar-refractivity contribution in [1.82, 2.24) is 4.98 Å². The van der Waals surface area contributed by atoms with Crippen LogP contribution in [0.15, 0.2) is 24.3 Å². The van der Waals surface area contributed by atoms with E-state index in [9.17, 15) is 20.0 Å². The maximum Gasteiger partial charge on any atom is 0.320 e. The lowest BCUT2D eigenvalue weighted by Crippen LogP contribution is -2.50. The van der Waals surface area contributed by atoms with Crippen molar-refractivity contribution in [2.24, 2.45) is 0 Å². The van der Waals surface area contributed by atoms with E-state index in [2.05, 4.69) is 4.98 Å². The van der Waals surface area contributed by atoms with Gasteiger partial charge in [0.2, 0.25) is 6.54 Å². The number of carbonyl (C=O) groups excluding carboxylic acids is 1. The van der Waals surface area contributed by atoms with Crippen molar-refractivity contribution in [1.29, 1.82) is 0 Å². The van der Waals surface area contributed by atoms with Gasteiger partial charge in [-0.2, -0.15) is 0 Å². The van der Waals surface area contributed by atoms with Gasteiger partial charge in [0.1, 0.15) is 5.41 Å². The molecule has 0 spiro atoms. The maximum absolute atomic E-state index is 12.7. The number of aliphatic hydroxyl groups is 1. The van der Waals surface area contributed by atoms with Gasteiger partial charge in [-0.05, 0) is 24.5 Å². The number of nitro groups is 1. The second kappa shape index (κ2) is 6.84. The molecule has 1 aromatic carbocycles. The quantitative estimate of drug-likeness (QED) is 0.491. The van der Waals surface area contributed by atoms with Gasteiger partial charge in [0, 0.05) is 27.9 Å². The molecule has 2 aromatic rings. The summed E-state index contributed by atoms with van der Waals surface area (Å²) in [5, 5.41) is 22.5. The number of nitrogens with one attached hydrogen (secondary N) is 1. The minimum atomic E-state index is -1.20. The van der Waals surface area contributed by atoms with Gasteiger partial charge in [-0.3, -0.25) is 14.9 Å². The van der Waals surface area contributed by atoms with Gasteiger partial charge < -0.3 is 14.8 Å². The van der Waals surface area contributed by atoms with Gasteiger partial charge >= 0.3 is 5.97 Å². The number of benzene rings is 1. The molecule has 0 saturated heterocycles. The van der Waals surface area contributed by atoms with Crippen LogP contribution in [0.25, 0.3) is 10.9 Å². The first-order valence-corrected chi connectivity index (χ1v) is 8.49. The molecule has 0 amide bonds. The van der Waals surface area contributed by atoms with Crippen LogP contribution in [0.1, 0.15) is 36.9 Å². The van der Waals surface area contributed by atoms with E-state index in [1.807, 2.05) is 24.3 Å². The number of esters is 1. The van der Waals surface area contributed by atoms with E-state index in [4.69, 9.17) is 4.74 Å². The molecule has 1 saturated carbocycles. The molecule has 134 valence electrons. The van der Waals surface area contributed by atoms with Crippen LogP contribution in [0.3, 0.4) is 0 Å². The standard InChI is InChI=1S/C18H22N2O5/c1-25-17(22)18(10-5-4-8-15(18)21)16-13(9-11-20(23)24)12-6-2-3-7-14(12)19-16/h2-3,6-7,15,19,21H,4-5,8-11H2,1H3/t15-,18-/m1/s1. The zero-order chi connectivity index (χ0) is 18.0.